The number of carbonyl (C=O) groups excluding carboxylic acids is 1. The predicted octanol–water partition coefficient (Wildman–Crippen LogP) is 4.30. The summed E-state index contributed by atoms with van der Waals surface area (Å²) in [5.74, 6) is 1.13. The number of benzene rings is 1. The van der Waals surface area contributed by atoms with Gasteiger partial charge in [0.2, 0.25) is 5.91 Å². The number of amides is 1. The number of aromatic amines is 1. The van der Waals surface area contributed by atoms with Gasteiger partial charge in [-0.3, -0.25) is 19.1 Å². The molecule has 0 unspecified atom stereocenters. The molecule has 1 aromatic carbocycles. The third kappa shape index (κ3) is 9.36. The predicted molar refractivity (Wildman–Crippen MR) is 205 cm³/mol. The monoisotopic (exact) mass is 747 g/mol. The lowest BCUT2D eigenvalue weighted by atomic mass is 9.76. The van der Waals surface area contributed by atoms with Crippen LogP contribution >= 0.6 is 0 Å². The second-order valence-electron chi connectivity index (χ2n) is 16.3. The molecule has 1 saturated heterocycles. The number of aryl methyl sites for hydroxylation is 1. The highest BCUT2D eigenvalue weighted by molar-refractivity contribution is 5.82. The van der Waals surface area contributed by atoms with Crippen molar-refractivity contribution < 1.29 is 29.6 Å². The van der Waals surface area contributed by atoms with E-state index < -0.39 is 30.5 Å². The molecule has 54 heavy (non-hydrogen) atoms. The number of aliphatic hydroxyl groups is 2. The van der Waals surface area contributed by atoms with E-state index >= 15 is 0 Å². The first-order valence-corrected chi connectivity index (χ1v) is 19.4. The summed E-state index contributed by atoms with van der Waals surface area (Å²) in [5.41, 5.74) is 4.49. The number of nitrogens with zero attached hydrogens (tertiary/aromatic N) is 6. The molecular weight excluding hydrogens is 690 g/mol. The number of aliphatic carboxylic acids is 1. The third-order valence-corrected chi connectivity index (χ3v) is 10.9. The number of rotatable bonds is 18. The molecular formula is C39H57N9O6. The maximum absolute atomic E-state index is 11.9. The Labute approximate surface area is 316 Å². The quantitative estimate of drug-likeness (QED) is 0.0789. The normalized spacial score (nSPS) is 23.1. The number of hydrogen-bond donors (Lipinski definition) is 6. The summed E-state index contributed by atoms with van der Waals surface area (Å²) in [6, 6.07) is 7.14. The van der Waals surface area contributed by atoms with Crippen molar-refractivity contribution in [3.05, 3.63) is 42.2 Å². The fourth-order valence-corrected chi connectivity index (χ4v) is 7.63. The number of aliphatic hydroxyl groups excluding tert-OH is 2. The van der Waals surface area contributed by atoms with Crippen LogP contribution in [0.15, 0.2) is 30.9 Å². The Hall–Kier alpha value is -4.18. The van der Waals surface area contributed by atoms with E-state index in [1.807, 2.05) is 0 Å². The molecule has 0 bridgehead atoms. The first-order chi connectivity index (χ1) is 25.8. The maximum atomic E-state index is 11.9. The van der Waals surface area contributed by atoms with E-state index in [4.69, 9.17) is 14.8 Å². The second-order valence-corrected chi connectivity index (χ2v) is 16.3. The van der Waals surface area contributed by atoms with Crippen molar-refractivity contribution in [1.29, 1.82) is 0 Å². The van der Waals surface area contributed by atoms with Crippen LogP contribution in [0.4, 0.5) is 5.82 Å². The SMILES string of the molecule is CC(C)N(C[C@H]1O[C@@H](n2cnc3c(NCCCCNC(=O)CCCC(=O)O)ncnc32)[C@H](O)[C@@H]1O)C1CC(CCc2nc3cc(C(C)(C)C)ccc3[nH]2)C1. The Morgan fingerprint density at radius 1 is 1.06 bits per heavy atom. The zero-order chi connectivity index (χ0) is 38.6. The van der Waals surface area contributed by atoms with E-state index in [1.54, 1.807) is 10.9 Å². The fourth-order valence-electron chi connectivity index (χ4n) is 7.63. The lowest BCUT2D eigenvalue weighted by Gasteiger charge is -2.46. The number of H-pyrrole nitrogens is 1. The average molecular weight is 748 g/mol. The molecule has 15 nitrogen and oxygen atoms in total. The molecule has 6 N–H and O–H groups in total. The average Bonchev–Trinajstić information content (AvgIpc) is 3.79. The number of ether oxygens (including phenoxy) is 1. The minimum atomic E-state index is -1.16. The highest BCUT2D eigenvalue weighted by atomic mass is 16.6. The van der Waals surface area contributed by atoms with Crippen LogP contribution in [-0.4, -0.2) is 112 Å². The molecule has 4 heterocycles. The van der Waals surface area contributed by atoms with Gasteiger partial charge in [0.1, 0.15) is 30.5 Å². The van der Waals surface area contributed by atoms with Crippen molar-refractivity contribution in [3.8, 4) is 0 Å². The van der Waals surface area contributed by atoms with Crippen molar-refractivity contribution >= 4 is 39.9 Å². The molecule has 4 atom stereocenters. The van der Waals surface area contributed by atoms with Crippen molar-refractivity contribution in [3.63, 3.8) is 0 Å². The van der Waals surface area contributed by atoms with Crippen molar-refractivity contribution in [2.45, 2.75) is 134 Å². The number of fused-ring (bicyclic) bond motifs is 2. The van der Waals surface area contributed by atoms with Gasteiger partial charge < -0.3 is 35.7 Å². The number of carboxylic acid groups (broad SMARTS) is 1. The molecule has 15 heteroatoms. The first kappa shape index (κ1) is 39.5. The lowest BCUT2D eigenvalue weighted by Crippen LogP contribution is -2.52. The molecule has 2 aliphatic rings. The Balaban J connectivity index is 0.978. The molecule has 0 spiro atoms. The third-order valence-electron chi connectivity index (χ3n) is 10.9. The van der Waals surface area contributed by atoms with Crippen molar-refractivity contribution in [2.75, 3.05) is 25.0 Å². The summed E-state index contributed by atoms with van der Waals surface area (Å²) >= 11 is 0. The molecule has 1 aliphatic carbocycles. The molecule has 294 valence electrons. The van der Waals surface area contributed by atoms with E-state index in [9.17, 15) is 19.8 Å². The Kier molecular flexibility index (Phi) is 12.5. The second kappa shape index (κ2) is 17.1. The van der Waals surface area contributed by atoms with Gasteiger partial charge >= 0.3 is 5.97 Å². The van der Waals surface area contributed by atoms with E-state index in [0.29, 0.717) is 55.0 Å². The molecule has 0 radical (unpaired) electrons. The fraction of sp³-hybridized carbons (Fsp3) is 0.641. The maximum Gasteiger partial charge on any atom is 0.303 e. The largest absolute Gasteiger partial charge is 0.481 e. The van der Waals surface area contributed by atoms with Gasteiger partial charge in [-0.25, -0.2) is 19.9 Å². The van der Waals surface area contributed by atoms with Gasteiger partial charge in [-0.15, -0.1) is 0 Å². The zero-order valence-electron chi connectivity index (χ0n) is 32.2. The van der Waals surface area contributed by atoms with Crippen LogP contribution in [0.1, 0.15) is 104 Å². The summed E-state index contributed by atoms with van der Waals surface area (Å²) in [7, 11) is 0. The number of hydrogen-bond acceptors (Lipinski definition) is 11. The van der Waals surface area contributed by atoms with Gasteiger partial charge in [-0.1, -0.05) is 26.8 Å². The van der Waals surface area contributed by atoms with Crippen LogP contribution in [0.2, 0.25) is 0 Å². The van der Waals surface area contributed by atoms with Crippen LogP contribution in [-0.2, 0) is 26.2 Å². The van der Waals surface area contributed by atoms with Crippen LogP contribution in [0.3, 0.4) is 0 Å². The number of carboxylic acids is 1. The van der Waals surface area contributed by atoms with Crippen molar-refractivity contribution in [1.82, 2.24) is 39.7 Å². The van der Waals surface area contributed by atoms with Gasteiger partial charge in [0, 0.05) is 51.0 Å². The highest BCUT2D eigenvalue weighted by Crippen LogP contribution is 2.38. The van der Waals surface area contributed by atoms with Crippen LogP contribution < -0.4 is 10.6 Å². The van der Waals surface area contributed by atoms with E-state index in [-0.39, 0.29) is 30.2 Å². The number of nitrogens with one attached hydrogen (secondary N) is 3. The number of imidazole rings is 2. The Morgan fingerprint density at radius 2 is 1.83 bits per heavy atom. The van der Waals surface area contributed by atoms with Gasteiger partial charge in [0.15, 0.2) is 23.2 Å². The summed E-state index contributed by atoms with van der Waals surface area (Å²) < 4.78 is 8.04. The molecule has 1 saturated carbocycles. The van der Waals surface area contributed by atoms with Gasteiger partial charge in [0.05, 0.1) is 17.4 Å². The Bertz CT molecular complexity index is 1880. The van der Waals surface area contributed by atoms with E-state index in [2.05, 4.69) is 88.3 Å². The minimum Gasteiger partial charge on any atom is -0.481 e. The number of carbonyl (C=O) groups is 2. The van der Waals surface area contributed by atoms with E-state index in [1.165, 1.54) is 11.9 Å². The van der Waals surface area contributed by atoms with Crippen LogP contribution in [0, 0.1) is 5.92 Å². The molecule has 6 rings (SSSR count). The van der Waals surface area contributed by atoms with Crippen molar-refractivity contribution in [2.24, 2.45) is 5.92 Å². The topological polar surface area (TPSA) is 204 Å². The lowest BCUT2D eigenvalue weighted by molar-refractivity contribution is -0.137. The molecule has 2 fully saturated rings. The van der Waals surface area contributed by atoms with Gasteiger partial charge in [-0.05, 0) is 81.4 Å². The molecule has 1 amide bonds. The molecule has 3 aromatic heterocycles. The Morgan fingerprint density at radius 3 is 2.57 bits per heavy atom. The van der Waals surface area contributed by atoms with Crippen LogP contribution in [0.5, 0.6) is 0 Å². The number of anilines is 1. The summed E-state index contributed by atoms with van der Waals surface area (Å²) in [5, 5.41) is 37.2. The van der Waals surface area contributed by atoms with E-state index in [0.717, 1.165) is 55.4 Å². The number of unbranched alkanes of at least 4 members (excludes halogenated alkanes) is 1. The highest BCUT2D eigenvalue weighted by Gasteiger charge is 2.46. The summed E-state index contributed by atoms with van der Waals surface area (Å²) in [6.07, 6.45) is 5.44. The van der Waals surface area contributed by atoms with Gasteiger partial charge in [0.25, 0.3) is 0 Å². The molecule has 4 aromatic rings. The first-order valence-electron chi connectivity index (χ1n) is 19.4. The summed E-state index contributed by atoms with van der Waals surface area (Å²) in [6.45, 7) is 12.6. The molecule has 1 aliphatic heterocycles. The minimum absolute atomic E-state index is 0.0167. The smallest absolute Gasteiger partial charge is 0.303 e. The standard InChI is InChI=1S/C39H57N9O6/c1-23(2)47(26-17-24(18-26)11-14-30-45-27-13-12-25(39(3,4)5)19-28(27)46-30)20-29-34(52)35(53)38(54-29)48-22-44-33-36(42-21-43-37(33)48)41-16-7-6-15-40-31(49)9-8-10-32(50)51/h12-13,19,21-24,26,29,34-35,38,52-53H,6-11,14-18,20H2,1-5H3,(H,40,49)(H,45,46)(H,50,51)(H,41,42,43)/t24?,26?,29-,34-,35-,38-/m1/s1. The van der Waals surface area contributed by atoms with Gasteiger partial charge in [-0.2, -0.15) is 0 Å². The number of aromatic nitrogens is 6. The summed E-state index contributed by atoms with van der Waals surface area (Å²) in [4.78, 5) is 46.6. The van der Waals surface area contributed by atoms with Crippen LogP contribution in [0.25, 0.3) is 22.2 Å². The zero-order valence-corrected chi connectivity index (χ0v) is 32.2.